The van der Waals surface area contributed by atoms with E-state index in [-0.39, 0.29) is 11.9 Å². The first-order valence-electron chi connectivity index (χ1n) is 6.90. The molecule has 5 heteroatoms. The second-order valence-corrected chi connectivity index (χ2v) is 5.27. The van der Waals surface area contributed by atoms with Crippen molar-refractivity contribution in [1.82, 2.24) is 20.0 Å². The second-order valence-electron chi connectivity index (χ2n) is 5.27. The molecule has 3 rings (SSSR count). The maximum absolute atomic E-state index is 13.4. The Balaban J connectivity index is 1.80. The van der Waals surface area contributed by atoms with Gasteiger partial charge in [0, 0.05) is 51.0 Å². The first-order valence-corrected chi connectivity index (χ1v) is 6.90. The van der Waals surface area contributed by atoms with Crippen LogP contribution in [0.2, 0.25) is 0 Å². The zero-order valence-electron chi connectivity index (χ0n) is 11.6. The quantitative estimate of drug-likeness (QED) is 0.925. The van der Waals surface area contributed by atoms with Gasteiger partial charge in [0.25, 0.3) is 0 Å². The molecule has 0 radical (unpaired) electrons. The molecule has 1 aromatic carbocycles. The summed E-state index contributed by atoms with van der Waals surface area (Å²) in [6, 6.07) is 7.11. The van der Waals surface area contributed by atoms with Crippen LogP contribution < -0.4 is 5.32 Å². The van der Waals surface area contributed by atoms with Gasteiger partial charge < -0.3 is 5.32 Å². The number of nitrogens with one attached hydrogen (secondary N) is 1. The van der Waals surface area contributed by atoms with Crippen molar-refractivity contribution in [2.24, 2.45) is 7.05 Å². The average molecular weight is 274 g/mol. The topological polar surface area (TPSA) is 33.1 Å². The zero-order valence-corrected chi connectivity index (χ0v) is 11.6. The molecule has 1 aliphatic heterocycles. The molecule has 0 bridgehead atoms. The minimum absolute atomic E-state index is 0.172. The average Bonchev–Trinajstić information content (AvgIpc) is 2.85. The van der Waals surface area contributed by atoms with Gasteiger partial charge in [-0.05, 0) is 17.7 Å². The van der Waals surface area contributed by atoms with Crippen LogP contribution in [0.5, 0.6) is 0 Å². The molecule has 1 unspecified atom stereocenters. The first-order chi connectivity index (χ1) is 9.72. The molecule has 1 aromatic heterocycles. The smallest absolute Gasteiger partial charge is 0.123 e. The minimum Gasteiger partial charge on any atom is -0.314 e. The summed E-state index contributed by atoms with van der Waals surface area (Å²) in [5, 5.41) is 7.60. The molecule has 0 amide bonds. The van der Waals surface area contributed by atoms with Crippen LogP contribution in [-0.2, 0) is 13.6 Å². The molecule has 0 saturated carbocycles. The van der Waals surface area contributed by atoms with Crippen molar-refractivity contribution in [3.63, 3.8) is 0 Å². The lowest BCUT2D eigenvalue weighted by atomic mass is 10.0. The normalized spacial score (nSPS) is 20.2. The molecule has 2 aromatic rings. The second kappa shape index (κ2) is 5.73. The van der Waals surface area contributed by atoms with E-state index in [0.29, 0.717) is 0 Å². The van der Waals surface area contributed by atoms with Gasteiger partial charge in [0.05, 0.1) is 6.20 Å². The van der Waals surface area contributed by atoms with Gasteiger partial charge in [0.2, 0.25) is 0 Å². The summed E-state index contributed by atoms with van der Waals surface area (Å²) in [7, 11) is 1.92. The molecule has 1 aliphatic rings. The van der Waals surface area contributed by atoms with Crippen molar-refractivity contribution in [2.75, 3.05) is 19.6 Å². The maximum atomic E-state index is 13.4. The fraction of sp³-hybridized carbons (Fsp3) is 0.400. The summed E-state index contributed by atoms with van der Waals surface area (Å²) in [5.74, 6) is -0.172. The Labute approximate surface area is 118 Å². The lowest BCUT2D eigenvalue weighted by Gasteiger charge is -2.36. The molecule has 4 nitrogen and oxygen atoms in total. The van der Waals surface area contributed by atoms with Crippen molar-refractivity contribution in [1.29, 1.82) is 0 Å². The van der Waals surface area contributed by atoms with Crippen LogP contribution in [0.25, 0.3) is 0 Å². The van der Waals surface area contributed by atoms with Crippen LogP contribution in [0, 0.1) is 5.82 Å². The Morgan fingerprint density at radius 1 is 1.45 bits per heavy atom. The maximum Gasteiger partial charge on any atom is 0.123 e. The predicted octanol–water partition coefficient (Wildman–Crippen LogP) is 1.71. The van der Waals surface area contributed by atoms with Crippen molar-refractivity contribution >= 4 is 0 Å². The Morgan fingerprint density at radius 3 is 3.10 bits per heavy atom. The summed E-state index contributed by atoms with van der Waals surface area (Å²) in [6.45, 7) is 3.61. The Hall–Kier alpha value is -1.72. The van der Waals surface area contributed by atoms with E-state index in [1.54, 1.807) is 12.1 Å². The zero-order chi connectivity index (χ0) is 13.9. The van der Waals surface area contributed by atoms with Gasteiger partial charge in [-0.1, -0.05) is 12.1 Å². The van der Waals surface area contributed by atoms with Crippen molar-refractivity contribution in [3.05, 3.63) is 53.6 Å². The molecular formula is C15H19FN4. The lowest BCUT2D eigenvalue weighted by Crippen LogP contribution is -2.45. The molecule has 20 heavy (non-hydrogen) atoms. The summed E-state index contributed by atoms with van der Waals surface area (Å²) >= 11 is 0. The molecule has 1 saturated heterocycles. The number of halogens is 1. The Bertz CT molecular complexity index is 581. The number of hydrogen-bond donors (Lipinski definition) is 1. The van der Waals surface area contributed by atoms with Gasteiger partial charge in [-0.25, -0.2) is 4.39 Å². The van der Waals surface area contributed by atoms with E-state index >= 15 is 0 Å². The molecule has 1 atom stereocenters. The van der Waals surface area contributed by atoms with E-state index in [1.165, 1.54) is 11.6 Å². The third-order valence-corrected chi connectivity index (χ3v) is 3.73. The fourth-order valence-electron chi connectivity index (χ4n) is 2.77. The number of aryl methyl sites for hydroxylation is 1. The number of piperazine rings is 1. The molecule has 0 spiro atoms. The van der Waals surface area contributed by atoms with E-state index < -0.39 is 0 Å². The lowest BCUT2D eigenvalue weighted by molar-refractivity contribution is 0.153. The Kier molecular flexibility index (Phi) is 3.80. The molecule has 1 fully saturated rings. The molecule has 2 heterocycles. The van der Waals surface area contributed by atoms with E-state index in [0.717, 1.165) is 31.7 Å². The van der Waals surface area contributed by atoms with E-state index in [9.17, 15) is 4.39 Å². The number of benzene rings is 1. The number of rotatable bonds is 3. The van der Waals surface area contributed by atoms with Gasteiger partial charge in [-0.15, -0.1) is 0 Å². The highest BCUT2D eigenvalue weighted by atomic mass is 19.1. The highest BCUT2D eigenvalue weighted by Crippen LogP contribution is 2.24. The van der Waals surface area contributed by atoms with Crippen molar-refractivity contribution in [3.8, 4) is 0 Å². The first kappa shape index (κ1) is 13.3. The monoisotopic (exact) mass is 274 g/mol. The van der Waals surface area contributed by atoms with Crippen LogP contribution in [-0.4, -0.2) is 34.3 Å². The highest BCUT2D eigenvalue weighted by Gasteiger charge is 2.24. The standard InChI is InChI=1S/C15H19FN4/c1-19-10-12(8-18-19)11-20-6-5-17-9-15(20)13-3-2-4-14(16)7-13/h2-4,7-8,10,15,17H,5-6,9,11H2,1H3. The van der Waals surface area contributed by atoms with Crippen LogP contribution >= 0.6 is 0 Å². The SMILES string of the molecule is Cn1cc(CN2CCNCC2c2cccc(F)c2)cn1. The molecular weight excluding hydrogens is 255 g/mol. The number of aromatic nitrogens is 2. The summed E-state index contributed by atoms with van der Waals surface area (Å²) < 4.78 is 15.2. The summed E-state index contributed by atoms with van der Waals surface area (Å²) in [6.07, 6.45) is 3.93. The van der Waals surface area contributed by atoms with Crippen LogP contribution in [0.1, 0.15) is 17.2 Å². The van der Waals surface area contributed by atoms with Crippen molar-refractivity contribution < 1.29 is 4.39 Å². The van der Waals surface area contributed by atoms with Gasteiger partial charge in [-0.3, -0.25) is 9.58 Å². The van der Waals surface area contributed by atoms with Crippen molar-refractivity contribution in [2.45, 2.75) is 12.6 Å². The third kappa shape index (κ3) is 2.89. The van der Waals surface area contributed by atoms with Gasteiger partial charge >= 0.3 is 0 Å². The van der Waals surface area contributed by atoms with Gasteiger partial charge in [0.1, 0.15) is 5.82 Å². The Morgan fingerprint density at radius 2 is 2.35 bits per heavy atom. The van der Waals surface area contributed by atoms with Crippen LogP contribution in [0.4, 0.5) is 4.39 Å². The van der Waals surface area contributed by atoms with E-state index in [1.807, 2.05) is 30.2 Å². The van der Waals surface area contributed by atoms with E-state index in [4.69, 9.17) is 0 Å². The van der Waals surface area contributed by atoms with Gasteiger partial charge in [0.15, 0.2) is 0 Å². The van der Waals surface area contributed by atoms with Crippen LogP contribution in [0.15, 0.2) is 36.7 Å². The number of hydrogen-bond acceptors (Lipinski definition) is 3. The molecule has 1 N–H and O–H groups in total. The van der Waals surface area contributed by atoms with E-state index in [2.05, 4.69) is 15.3 Å². The van der Waals surface area contributed by atoms with Gasteiger partial charge in [-0.2, -0.15) is 5.10 Å². The van der Waals surface area contributed by atoms with Crippen LogP contribution in [0.3, 0.4) is 0 Å². The highest BCUT2D eigenvalue weighted by molar-refractivity contribution is 5.21. The molecule has 106 valence electrons. The minimum atomic E-state index is -0.172. The number of nitrogens with zero attached hydrogens (tertiary/aromatic N) is 3. The largest absolute Gasteiger partial charge is 0.314 e. The summed E-state index contributed by atoms with van der Waals surface area (Å²) in [4.78, 5) is 2.38. The summed E-state index contributed by atoms with van der Waals surface area (Å²) in [5.41, 5.74) is 2.22. The molecule has 0 aliphatic carbocycles. The predicted molar refractivity (Wildman–Crippen MR) is 75.6 cm³/mol. The third-order valence-electron chi connectivity index (χ3n) is 3.73. The fourth-order valence-corrected chi connectivity index (χ4v) is 2.77.